The number of aryl methyl sites for hydroxylation is 1. The molecule has 1 aliphatic rings. The number of rotatable bonds is 10. The van der Waals surface area contributed by atoms with Crippen molar-refractivity contribution in [2.45, 2.75) is 38.6 Å². The van der Waals surface area contributed by atoms with Crippen LogP contribution in [0.5, 0.6) is 0 Å². The summed E-state index contributed by atoms with van der Waals surface area (Å²) in [6.45, 7) is 3.58. The molecule has 1 unspecified atom stereocenters. The van der Waals surface area contributed by atoms with Gasteiger partial charge in [0.2, 0.25) is 5.91 Å². The Kier molecular flexibility index (Phi) is 8.92. The third-order valence-corrected chi connectivity index (χ3v) is 6.15. The maximum atomic E-state index is 12.8. The van der Waals surface area contributed by atoms with Gasteiger partial charge >= 0.3 is 5.97 Å². The zero-order valence-electron chi connectivity index (χ0n) is 17.9. The molecule has 3 rings (SSSR count). The van der Waals surface area contributed by atoms with E-state index < -0.39 is 11.9 Å². The van der Waals surface area contributed by atoms with Gasteiger partial charge in [-0.3, -0.25) is 14.5 Å². The number of unbranched alkanes of at least 4 members (excludes halogenated alkanes) is 2. The predicted molar refractivity (Wildman–Crippen MR) is 123 cm³/mol. The van der Waals surface area contributed by atoms with Gasteiger partial charge in [-0.05, 0) is 42.5 Å². The maximum Gasteiger partial charge on any atom is 0.316 e. The first-order valence-electron chi connectivity index (χ1n) is 11.1. The number of nitrogens with zero attached hydrogens (tertiary/aromatic N) is 2. The van der Waals surface area contributed by atoms with Gasteiger partial charge in [-0.2, -0.15) is 0 Å². The monoisotopic (exact) mass is 442 g/mol. The van der Waals surface area contributed by atoms with Gasteiger partial charge < -0.3 is 10.0 Å². The van der Waals surface area contributed by atoms with Crippen molar-refractivity contribution in [2.75, 3.05) is 26.2 Å². The number of carboxylic acids is 1. The lowest BCUT2D eigenvalue weighted by Gasteiger charge is -2.36. The van der Waals surface area contributed by atoms with Gasteiger partial charge in [0.05, 0.1) is 0 Å². The van der Waals surface area contributed by atoms with Crippen LogP contribution < -0.4 is 0 Å². The van der Waals surface area contributed by atoms with Crippen molar-refractivity contribution in [1.82, 2.24) is 9.80 Å². The Bertz CT molecular complexity index is 834. The van der Waals surface area contributed by atoms with E-state index in [2.05, 4.69) is 17.0 Å². The Labute approximate surface area is 189 Å². The van der Waals surface area contributed by atoms with Crippen LogP contribution in [0.2, 0.25) is 5.02 Å². The molecule has 0 aliphatic carbocycles. The summed E-state index contributed by atoms with van der Waals surface area (Å²) in [7, 11) is 0. The number of carboxylic acid groups (broad SMARTS) is 1. The molecule has 0 aromatic heterocycles. The summed E-state index contributed by atoms with van der Waals surface area (Å²) in [5.41, 5.74) is 2.48. The molecule has 1 amide bonds. The first-order chi connectivity index (χ1) is 15.0. The molecule has 6 heteroatoms. The highest BCUT2D eigenvalue weighted by atomic mass is 35.5. The zero-order valence-corrected chi connectivity index (χ0v) is 18.6. The maximum absolute atomic E-state index is 12.8. The molecule has 1 heterocycles. The molecule has 1 atom stereocenters. The Morgan fingerprint density at radius 2 is 1.55 bits per heavy atom. The van der Waals surface area contributed by atoms with Gasteiger partial charge in [0, 0.05) is 37.7 Å². The minimum atomic E-state index is -1.01. The summed E-state index contributed by atoms with van der Waals surface area (Å²) >= 11 is 5.90. The summed E-state index contributed by atoms with van der Waals surface area (Å²) < 4.78 is 0. The Morgan fingerprint density at radius 1 is 0.871 bits per heavy atom. The van der Waals surface area contributed by atoms with Crippen LogP contribution in [0.1, 0.15) is 36.8 Å². The molecule has 166 valence electrons. The van der Waals surface area contributed by atoms with Crippen LogP contribution in [-0.4, -0.2) is 53.0 Å². The van der Waals surface area contributed by atoms with E-state index in [1.165, 1.54) is 11.1 Å². The van der Waals surface area contributed by atoms with Crippen LogP contribution in [0, 0.1) is 5.92 Å². The highest BCUT2D eigenvalue weighted by Gasteiger charge is 2.31. The van der Waals surface area contributed by atoms with Gasteiger partial charge in [0.1, 0.15) is 5.92 Å². The lowest BCUT2D eigenvalue weighted by Crippen LogP contribution is -2.51. The topological polar surface area (TPSA) is 60.9 Å². The molecule has 2 aromatic rings. The molecule has 1 N–H and O–H groups in total. The summed E-state index contributed by atoms with van der Waals surface area (Å²) in [6.07, 6.45) is 3.96. The number of aliphatic carboxylic acids is 1. The van der Waals surface area contributed by atoms with E-state index in [0.717, 1.165) is 50.3 Å². The molecule has 0 spiro atoms. The smallest absolute Gasteiger partial charge is 0.316 e. The van der Waals surface area contributed by atoms with Crippen molar-refractivity contribution in [3.63, 3.8) is 0 Å². The van der Waals surface area contributed by atoms with Gasteiger partial charge in [0.15, 0.2) is 0 Å². The quantitative estimate of drug-likeness (QED) is 0.435. The second-order valence-electron chi connectivity index (χ2n) is 8.20. The van der Waals surface area contributed by atoms with Crippen molar-refractivity contribution in [3.8, 4) is 0 Å². The highest BCUT2D eigenvalue weighted by Crippen LogP contribution is 2.18. The average Bonchev–Trinajstić information content (AvgIpc) is 2.78. The number of amides is 1. The lowest BCUT2D eigenvalue weighted by molar-refractivity contribution is -0.152. The van der Waals surface area contributed by atoms with Crippen LogP contribution in [0.15, 0.2) is 54.6 Å². The van der Waals surface area contributed by atoms with Gasteiger partial charge in [0.25, 0.3) is 0 Å². The van der Waals surface area contributed by atoms with E-state index in [-0.39, 0.29) is 5.91 Å². The Morgan fingerprint density at radius 3 is 2.19 bits per heavy atom. The lowest BCUT2D eigenvalue weighted by atomic mass is 9.98. The van der Waals surface area contributed by atoms with E-state index in [4.69, 9.17) is 11.6 Å². The van der Waals surface area contributed by atoms with E-state index in [1.54, 1.807) is 4.90 Å². The molecule has 1 fully saturated rings. The number of carbonyl (C=O) groups is 2. The van der Waals surface area contributed by atoms with E-state index in [1.807, 2.05) is 42.5 Å². The molecule has 0 bridgehead atoms. The fraction of sp³-hybridized carbons (Fsp3) is 0.440. The molecule has 1 aliphatic heterocycles. The summed E-state index contributed by atoms with van der Waals surface area (Å²) in [4.78, 5) is 28.6. The van der Waals surface area contributed by atoms with Crippen molar-refractivity contribution >= 4 is 23.5 Å². The van der Waals surface area contributed by atoms with Crippen LogP contribution in [0.25, 0.3) is 0 Å². The number of piperazine rings is 1. The molecular formula is C25H31ClN2O3. The standard InChI is InChI=1S/C25H31ClN2O3/c26-22-13-11-20(12-14-22)7-3-2-6-10-23(25(30)31)24(29)28-17-15-27(16-18-28)19-21-8-4-1-5-9-21/h1,4-5,8-9,11-14,23H,2-3,6-7,10,15-19H2,(H,30,31). The van der Waals surface area contributed by atoms with E-state index in [0.29, 0.717) is 19.5 Å². The minimum absolute atomic E-state index is 0.232. The third kappa shape index (κ3) is 7.37. The Hall–Kier alpha value is -2.37. The van der Waals surface area contributed by atoms with Crippen molar-refractivity contribution in [3.05, 3.63) is 70.7 Å². The van der Waals surface area contributed by atoms with Crippen molar-refractivity contribution < 1.29 is 14.7 Å². The van der Waals surface area contributed by atoms with Gasteiger partial charge in [-0.25, -0.2) is 0 Å². The van der Waals surface area contributed by atoms with Crippen LogP contribution >= 0.6 is 11.6 Å². The predicted octanol–water partition coefficient (Wildman–Crippen LogP) is 4.49. The second kappa shape index (κ2) is 11.9. The molecule has 0 saturated carbocycles. The van der Waals surface area contributed by atoms with Crippen LogP contribution in [0.3, 0.4) is 0 Å². The number of carbonyl (C=O) groups excluding carboxylic acids is 1. The summed E-state index contributed by atoms with van der Waals surface area (Å²) in [6, 6.07) is 18.1. The third-order valence-electron chi connectivity index (χ3n) is 5.90. The fourth-order valence-electron chi connectivity index (χ4n) is 4.05. The van der Waals surface area contributed by atoms with Crippen LogP contribution in [-0.2, 0) is 22.6 Å². The van der Waals surface area contributed by atoms with Crippen LogP contribution in [0.4, 0.5) is 0 Å². The minimum Gasteiger partial charge on any atom is -0.481 e. The fourth-order valence-corrected chi connectivity index (χ4v) is 4.17. The summed E-state index contributed by atoms with van der Waals surface area (Å²) in [5.74, 6) is -2.17. The van der Waals surface area contributed by atoms with Gasteiger partial charge in [-0.15, -0.1) is 0 Å². The van der Waals surface area contributed by atoms with Crippen molar-refractivity contribution in [1.29, 1.82) is 0 Å². The molecule has 31 heavy (non-hydrogen) atoms. The normalized spacial score (nSPS) is 15.6. The van der Waals surface area contributed by atoms with E-state index in [9.17, 15) is 14.7 Å². The van der Waals surface area contributed by atoms with Crippen molar-refractivity contribution in [2.24, 2.45) is 5.92 Å². The number of benzene rings is 2. The Balaban J connectivity index is 1.39. The molecule has 1 saturated heterocycles. The number of halogens is 1. The summed E-state index contributed by atoms with van der Waals surface area (Å²) in [5, 5.41) is 10.3. The SMILES string of the molecule is O=C(O)C(CCCCCc1ccc(Cl)cc1)C(=O)N1CCN(Cc2ccccc2)CC1. The highest BCUT2D eigenvalue weighted by molar-refractivity contribution is 6.30. The average molecular weight is 443 g/mol. The molecule has 0 radical (unpaired) electrons. The zero-order chi connectivity index (χ0) is 22.1. The first kappa shape index (κ1) is 23.3. The molecule has 5 nitrogen and oxygen atoms in total. The second-order valence-corrected chi connectivity index (χ2v) is 8.64. The molecule has 2 aromatic carbocycles. The van der Waals surface area contributed by atoms with Gasteiger partial charge in [-0.1, -0.05) is 66.9 Å². The largest absolute Gasteiger partial charge is 0.481 e. The number of hydrogen-bond acceptors (Lipinski definition) is 3. The molecular weight excluding hydrogens is 412 g/mol. The van der Waals surface area contributed by atoms with E-state index >= 15 is 0 Å². The first-order valence-corrected chi connectivity index (χ1v) is 11.4. The number of hydrogen-bond donors (Lipinski definition) is 1.